The summed E-state index contributed by atoms with van der Waals surface area (Å²) in [6.07, 6.45) is 3.08. The smallest absolute Gasteiger partial charge is 0.269 e. The molecule has 3 aromatic carbocycles. The van der Waals surface area contributed by atoms with Gasteiger partial charge in [0.15, 0.2) is 0 Å². The van der Waals surface area contributed by atoms with Crippen molar-refractivity contribution in [2.75, 3.05) is 0 Å². The maximum atomic E-state index is 12.6. The van der Waals surface area contributed by atoms with E-state index in [1.54, 1.807) is 18.2 Å². The van der Waals surface area contributed by atoms with E-state index in [2.05, 4.69) is 5.32 Å². The Morgan fingerprint density at radius 2 is 1.61 bits per heavy atom. The highest BCUT2D eigenvalue weighted by Gasteiger charge is 2.17. The number of nitrogens with zero attached hydrogens (tertiary/aromatic N) is 1. The van der Waals surface area contributed by atoms with E-state index in [-0.39, 0.29) is 17.6 Å². The van der Waals surface area contributed by atoms with Crippen molar-refractivity contribution in [3.63, 3.8) is 0 Å². The molecule has 5 nitrogen and oxygen atoms in total. The fourth-order valence-electron chi connectivity index (χ4n) is 2.97. The van der Waals surface area contributed by atoms with E-state index in [0.717, 1.165) is 16.7 Å². The Labute approximate surface area is 163 Å². The molecule has 1 amide bonds. The van der Waals surface area contributed by atoms with Crippen molar-refractivity contribution in [2.45, 2.75) is 13.0 Å². The molecule has 0 saturated heterocycles. The van der Waals surface area contributed by atoms with Crippen molar-refractivity contribution in [3.05, 3.63) is 117 Å². The number of carbonyl (C=O) groups is 1. The highest BCUT2D eigenvalue weighted by molar-refractivity contribution is 5.92. The van der Waals surface area contributed by atoms with Crippen LogP contribution in [0.4, 0.5) is 5.69 Å². The molecule has 0 spiro atoms. The number of nitro groups is 1. The summed E-state index contributed by atoms with van der Waals surface area (Å²) in [7, 11) is 0. The van der Waals surface area contributed by atoms with E-state index in [1.807, 2.05) is 61.5 Å². The molecule has 0 aliphatic heterocycles. The number of benzene rings is 3. The monoisotopic (exact) mass is 372 g/mol. The van der Waals surface area contributed by atoms with Crippen LogP contribution in [0.2, 0.25) is 0 Å². The first-order valence-corrected chi connectivity index (χ1v) is 8.88. The zero-order valence-electron chi connectivity index (χ0n) is 15.4. The van der Waals surface area contributed by atoms with Gasteiger partial charge in [0.05, 0.1) is 11.0 Å². The molecule has 0 saturated carbocycles. The first-order valence-electron chi connectivity index (χ1n) is 8.88. The first kappa shape index (κ1) is 19.0. The summed E-state index contributed by atoms with van der Waals surface area (Å²) in [5, 5.41) is 13.8. The Morgan fingerprint density at radius 1 is 0.964 bits per heavy atom. The molecule has 1 atom stereocenters. The summed E-state index contributed by atoms with van der Waals surface area (Å²) in [4.78, 5) is 22.8. The second kappa shape index (κ2) is 8.77. The third-order valence-electron chi connectivity index (χ3n) is 4.45. The SMILES string of the molecule is Cc1ccccc1[C@H](NC(=O)/C=C/c1ccc([N+](=O)[O-])cc1)c1ccccc1. The minimum Gasteiger partial charge on any atom is -0.342 e. The van der Waals surface area contributed by atoms with E-state index in [4.69, 9.17) is 0 Å². The van der Waals surface area contributed by atoms with Gasteiger partial charge < -0.3 is 5.32 Å². The lowest BCUT2D eigenvalue weighted by Crippen LogP contribution is -2.28. The van der Waals surface area contributed by atoms with Gasteiger partial charge >= 0.3 is 0 Å². The van der Waals surface area contributed by atoms with Crippen LogP contribution in [0, 0.1) is 17.0 Å². The number of carbonyl (C=O) groups excluding carboxylic acids is 1. The molecule has 3 aromatic rings. The van der Waals surface area contributed by atoms with Crippen molar-refractivity contribution < 1.29 is 9.72 Å². The maximum absolute atomic E-state index is 12.6. The highest BCUT2D eigenvalue weighted by Crippen LogP contribution is 2.24. The molecule has 140 valence electrons. The van der Waals surface area contributed by atoms with Crippen LogP contribution in [0.25, 0.3) is 6.08 Å². The maximum Gasteiger partial charge on any atom is 0.269 e. The molecular weight excluding hydrogens is 352 g/mol. The van der Waals surface area contributed by atoms with Crippen LogP contribution >= 0.6 is 0 Å². The van der Waals surface area contributed by atoms with Crippen LogP contribution in [0.1, 0.15) is 28.3 Å². The molecule has 28 heavy (non-hydrogen) atoms. The number of non-ortho nitro benzene ring substituents is 1. The summed E-state index contributed by atoms with van der Waals surface area (Å²) in [5.41, 5.74) is 3.86. The molecule has 0 bridgehead atoms. The summed E-state index contributed by atoms with van der Waals surface area (Å²) < 4.78 is 0. The summed E-state index contributed by atoms with van der Waals surface area (Å²) in [6, 6.07) is 23.5. The number of nitro benzene ring substituents is 1. The van der Waals surface area contributed by atoms with E-state index in [0.29, 0.717) is 5.56 Å². The number of hydrogen-bond acceptors (Lipinski definition) is 3. The molecule has 1 N–H and O–H groups in total. The second-order valence-corrected chi connectivity index (χ2v) is 6.39. The zero-order valence-corrected chi connectivity index (χ0v) is 15.4. The van der Waals surface area contributed by atoms with Crippen molar-refractivity contribution in [2.24, 2.45) is 0 Å². The standard InChI is InChI=1S/C23H20N2O3/c1-17-7-5-6-10-21(17)23(19-8-3-2-4-9-19)24-22(26)16-13-18-11-14-20(15-12-18)25(27)28/h2-16,23H,1H3,(H,24,26)/b16-13+/t23-/m1/s1. The number of aryl methyl sites for hydroxylation is 1. The van der Waals surface area contributed by atoms with Gasteiger partial charge in [0.25, 0.3) is 5.69 Å². The van der Waals surface area contributed by atoms with Gasteiger partial charge in [-0.3, -0.25) is 14.9 Å². The number of nitrogens with one attached hydrogen (secondary N) is 1. The minimum atomic E-state index is -0.452. The van der Waals surface area contributed by atoms with E-state index >= 15 is 0 Å². The summed E-state index contributed by atoms with van der Waals surface area (Å²) in [6.45, 7) is 2.02. The Morgan fingerprint density at radius 3 is 2.25 bits per heavy atom. The van der Waals surface area contributed by atoms with Crippen LogP contribution in [-0.2, 0) is 4.79 Å². The Bertz CT molecular complexity index is 996. The van der Waals surface area contributed by atoms with Crippen molar-refractivity contribution >= 4 is 17.7 Å². The molecular formula is C23H20N2O3. The lowest BCUT2D eigenvalue weighted by Gasteiger charge is -2.21. The van der Waals surface area contributed by atoms with Gasteiger partial charge in [-0.2, -0.15) is 0 Å². The van der Waals surface area contributed by atoms with Gasteiger partial charge in [0.2, 0.25) is 5.91 Å². The lowest BCUT2D eigenvalue weighted by molar-refractivity contribution is -0.384. The Hall–Kier alpha value is -3.73. The third-order valence-corrected chi connectivity index (χ3v) is 4.45. The quantitative estimate of drug-likeness (QED) is 0.383. The number of hydrogen-bond donors (Lipinski definition) is 1. The van der Waals surface area contributed by atoms with E-state index < -0.39 is 4.92 Å². The average Bonchev–Trinajstić information content (AvgIpc) is 2.72. The molecule has 5 heteroatoms. The number of rotatable bonds is 6. The topological polar surface area (TPSA) is 72.2 Å². The third kappa shape index (κ3) is 4.71. The number of amides is 1. The van der Waals surface area contributed by atoms with E-state index in [1.165, 1.54) is 18.2 Å². The van der Waals surface area contributed by atoms with Gasteiger partial charge in [-0.05, 0) is 47.4 Å². The fraction of sp³-hybridized carbons (Fsp3) is 0.0870. The normalized spacial score (nSPS) is 11.9. The molecule has 0 aliphatic rings. The predicted molar refractivity (Wildman–Crippen MR) is 110 cm³/mol. The lowest BCUT2D eigenvalue weighted by atomic mass is 9.95. The van der Waals surface area contributed by atoms with Gasteiger partial charge in [-0.1, -0.05) is 54.6 Å². The van der Waals surface area contributed by atoms with Crippen LogP contribution < -0.4 is 5.32 Å². The van der Waals surface area contributed by atoms with Gasteiger partial charge in [-0.25, -0.2) is 0 Å². The van der Waals surface area contributed by atoms with Crippen LogP contribution in [0.5, 0.6) is 0 Å². The van der Waals surface area contributed by atoms with Crippen molar-refractivity contribution in [3.8, 4) is 0 Å². The van der Waals surface area contributed by atoms with Crippen molar-refractivity contribution in [1.82, 2.24) is 5.32 Å². The van der Waals surface area contributed by atoms with Gasteiger partial charge in [-0.15, -0.1) is 0 Å². The molecule has 0 radical (unpaired) electrons. The minimum absolute atomic E-state index is 0.0188. The molecule has 0 unspecified atom stereocenters. The first-order chi connectivity index (χ1) is 13.5. The summed E-state index contributed by atoms with van der Waals surface area (Å²) >= 11 is 0. The predicted octanol–water partition coefficient (Wildman–Crippen LogP) is 4.82. The molecule has 3 rings (SSSR count). The van der Waals surface area contributed by atoms with Crippen LogP contribution in [0.3, 0.4) is 0 Å². The Kier molecular flexibility index (Phi) is 5.97. The van der Waals surface area contributed by atoms with E-state index in [9.17, 15) is 14.9 Å². The Balaban J connectivity index is 1.80. The molecule has 0 aromatic heterocycles. The second-order valence-electron chi connectivity index (χ2n) is 6.39. The largest absolute Gasteiger partial charge is 0.342 e. The summed E-state index contributed by atoms with van der Waals surface area (Å²) in [5.74, 6) is -0.240. The van der Waals surface area contributed by atoms with Gasteiger partial charge in [0.1, 0.15) is 0 Å². The molecule has 0 heterocycles. The van der Waals surface area contributed by atoms with Crippen LogP contribution in [-0.4, -0.2) is 10.8 Å². The fourth-order valence-corrected chi connectivity index (χ4v) is 2.97. The van der Waals surface area contributed by atoms with Crippen molar-refractivity contribution in [1.29, 1.82) is 0 Å². The molecule has 0 fully saturated rings. The zero-order chi connectivity index (χ0) is 19.9. The highest BCUT2D eigenvalue weighted by atomic mass is 16.6. The average molecular weight is 372 g/mol. The van der Waals surface area contributed by atoms with Gasteiger partial charge in [0, 0.05) is 18.2 Å². The molecule has 0 aliphatic carbocycles. The van der Waals surface area contributed by atoms with Crippen LogP contribution in [0.15, 0.2) is 84.9 Å².